The van der Waals surface area contributed by atoms with Gasteiger partial charge in [0.25, 0.3) is 5.91 Å². The maximum Gasteiger partial charge on any atom is 0.275 e. The van der Waals surface area contributed by atoms with E-state index < -0.39 is 0 Å². The normalized spacial score (nSPS) is 15.5. The number of rotatable bonds is 1. The number of hydrogen-bond donors (Lipinski definition) is 1. The molecule has 1 aliphatic heterocycles. The minimum atomic E-state index is -0.180. The van der Waals surface area contributed by atoms with E-state index in [1.165, 1.54) is 0 Å². The SMILES string of the molecule is Cc1ccc2c(c1)C(=Nc1cccc(Cl)c1)C(=O)N2. The molecule has 0 saturated heterocycles. The van der Waals surface area contributed by atoms with Crippen LogP contribution in [0.4, 0.5) is 11.4 Å². The number of anilines is 1. The molecule has 0 unspecified atom stereocenters. The van der Waals surface area contributed by atoms with E-state index in [9.17, 15) is 4.79 Å². The predicted octanol–water partition coefficient (Wildman–Crippen LogP) is 3.72. The summed E-state index contributed by atoms with van der Waals surface area (Å²) in [6, 6.07) is 12.9. The highest BCUT2D eigenvalue weighted by Gasteiger charge is 2.25. The first kappa shape index (κ1) is 11.9. The molecular weight excluding hydrogens is 260 g/mol. The van der Waals surface area contributed by atoms with E-state index in [0.717, 1.165) is 16.8 Å². The van der Waals surface area contributed by atoms with Gasteiger partial charge in [-0.3, -0.25) is 4.79 Å². The summed E-state index contributed by atoms with van der Waals surface area (Å²) in [7, 11) is 0. The van der Waals surface area contributed by atoms with Gasteiger partial charge in [-0.15, -0.1) is 0 Å². The number of fused-ring (bicyclic) bond motifs is 1. The third-order valence-electron chi connectivity index (χ3n) is 2.94. The van der Waals surface area contributed by atoms with Gasteiger partial charge in [0.15, 0.2) is 0 Å². The Hall–Kier alpha value is -2.13. The molecule has 94 valence electrons. The van der Waals surface area contributed by atoms with Crippen LogP contribution in [0.2, 0.25) is 5.02 Å². The molecular formula is C15H11ClN2O. The zero-order valence-corrected chi connectivity index (χ0v) is 11.0. The van der Waals surface area contributed by atoms with E-state index in [2.05, 4.69) is 10.3 Å². The van der Waals surface area contributed by atoms with Crippen LogP contribution >= 0.6 is 11.6 Å². The minimum Gasteiger partial charge on any atom is -0.320 e. The first-order valence-electron chi connectivity index (χ1n) is 5.90. The lowest BCUT2D eigenvalue weighted by Crippen LogP contribution is -2.13. The Balaban J connectivity index is 2.11. The average Bonchev–Trinajstić information content (AvgIpc) is 2.66. The minimum absolute atomic E-state index is 0.180. The largest absolute Gasteiger partial charge is 0.320 e. The number of amides is 1. The molecule has 4 heteroatoms. The Morgan fingerprint density at radius 1 is 1.16 bits per heavy atom. The van der Waals surface area contributed by atoms with Crippen LogP contribution in [0.15, 0.2) is 47.5 Å². The number of aliphatic imine (C=N–C) groups is 1. The van der Waals surface area contributed by atoms with Gasteiger partial charge in [-0.2, -0.15) is 0 Å². The fraction of sp³-hybridized carbons (Fsp3) is 0.0667. The molecule has 0 fully saturated rings. The summed E-state index contributed by atoms with van der Waals surface area (Å²) in [5, 5.41) is 3.41. The quantitative estimate of drug-likeness (QED) is 0.843. The Bertz CT molecular complexity index is 707. The first-order valence-corrected chi connectivity index (χ1v) is 6.28. The lowest BCUT2D eigenvalue weighted by molar-refractivity contribution is -0.110. The topological polar surface area (TPSA) is 41.5 Å². The number of aryl methyl sites for hydroxylation is 1. The number of nitrogens with zero attached hydrogens (tertiary/aromatic N) is 1. The van der Waals surface area contributed by atoms with Gasteiger partial charge in [-0.05, 0) is 37.3 Å². The summed E-state index contributed by atoms with van der Waals surface area (Å²) in [6.07, 6.45) is 0. The molecule has 0 atom stereocenters. The maximum atomic E-state index is 12.0. The molecule has 2 aromatic carbocycles. The average molecular weight is 271 g/mol. The van der Waals surface area contributed by atoms with Gasteiger partial charge >= 0.3 is 0 Å². The number of benzene rings is 2. The van der Waals surface area contributed by atoms with Gasteiger partial charge in [0, 0.05) is 10.6 Å². The van der Waals surface area contributed by atoms with Gasteiger partial charge in [0.1, 0.15) is 5.71 Å². The monoisotopic (exact) mass is 270 g/mol. The van der Waals surface area contributed by atoms with E-state index in [-0.39, 0.29) is 5.91 Å². The van der Waals surface area contributed by atoms with E-state index >= 15 is 0 Å². The van der Waals surface area contributed by atoms with Crippen molar-refractivity contribution in [3.63, 3.8) is 0 Å². The van der Waals surface area contributed by atoms with Crippen molar-refractivity contribution in [1.29, 1.82) is 0 Å². The smallest absolute Gasteiger partial charge is 0.275 e. The molecule has 1 N–H and O–H groups in total. The van der Waals surface area contributed by atoms with Gasteiger partial charge in [-0.25, -0.2) is 4.99 Å². The molecule has 0 radical (unpaired) electrons. The molecule has 0 aliphatic carbocycles. The summed E-state index contributed by atoms with van der Waals surface area (Å²) in [5.74, 6) is -0.180. The molecule has 0 spiro atoms. The Labute approximate surface area is 115 Å². The first-order chi connectivity index (χ1) is 9.13. The maximum absolute atomic E-state index is 12.0. The number of carbonyl (C=O) groups excluding carboxylic acids is 1. The molecule has 0 saturated carbocycles. The van der Waals surface area contributed by atoms with Crippen LogP contribution in [0.5, 0.6) is 0 Å². The highest BCUT2D eigenvalue weighted by Crippen LogP contribution is 2.27. The summed E-state index contributed by atoms with van der Waals surface area (Å²) in [5.41, 5.74) is 3.84. The van der Waals surface area contributed by atoms with Crippen molar-refractivity contribution in [1.82, 2.24) is 0 Å². The zero-order chi connectivity index (χ0) is 13.4. The van der Waals surface area contributed by atoms with Gasteiger partial charge in [0.05, 0.1) is 11.4 Å². The van der Waals surface area contributed by atoms with Crippen LogP contribution in [-0.2, 0) is 4.79 Å². The van der Waals surface area contributed by atoms with E-state index in [1.54, 1.807) is 12.1 Å². The third kappa shape index (κ3) is 2.25. The van der Waals surface area contributed by atoms with E-state index in [4.69, 9.17) is 11.6 Å². The van der Waals surface area contributed by atoms with Crippen molar-refractivity contribution >= 4 is 34.6 Å². The molecule has 0 aromatic heterocycles. The summed E-state index contributed by atoms with van der Waals surface area (Å²) < 4.78 is 0. The molecule has 1 aliphatic rings. The second-order valence-electron chi connectivity index (χ2n) is 4.44. The van der Waals surface area contributed by atoms with Gasteiger partial charge in [0.2, 0.25) is 0 Å². The van der Waals surface area contributed by atoms with Gasteiger partial charge < -0.3 is 5.32 Å². The van der Waals surface area contributed by atoms with Crippen LogP contribution in [0, 0.1) is 6.92 Å². The van der Waals surface area contributed by atoms with Crippen molar-refractivity contribution in [3.8, 4) is 0 Å². The lowest BCUT2D eigenvalue weighted by Gasteiger charge is -2.00. The lowest BCUT2D eigenvalue weighted by atomic mass is 10.1. The fourth-order valence-electron chi connectivity index (χ4n) is 2.05. The number of hydrogen-bond acceptors (Lipinski definition) is 2. The number of halogens is 1. The molecule has 3 nitrogen and oxygen atoms in total. The second kappa shape index (κ2) is 4.52. The van der Waals surface area contributed by atoms with E-state index in [0.29, 0.717) is 16.4 Å². The zero-order valence-electron chi connectivity index (χ0n) is 10.3. The molecule has 0 bridgehead atoms. The fourth-order valence-corrected chi connectivity index (χ4v) is 2.24. The molecule has 3 rings (SSSR count). The molecule has 1 heterocycles. The third-order valence-corrected chi connectivity index (χ3v) is 3.18. The van der Waals surface area contributed by atoms with Crippen LogP contribution in [0.25, 0.3) is 0 Å². The summed E-state index contributed by atoms with van der Waals surface area (Å²) in [6.45, 7) is 1.99. The number of nitrogens with one attached hydrogen (secondary N) is 1. The van der Waals surface area contributed by atoms with Crippen LogP contribution < -0.4 is 5.32 Å². The van der Waals surface area contributed by atoms with Crippen LogP contribution in [0.3, 0.4) is 0 Å². The van der Waals surface area contributed by atoms with Crippen LogP contribution in [-0.4, -0.2) is 11.6 Å². The van der Waals surface area contributed by atoms with Crippen molar-refractivity contribution in [2.45, 2.75) is 6.92 Å². The van der Waals surface area contributed by atoms with Crippen LogP contribution in [0.1, 0.15) is 11.1 Å². The Kier molecular flexibility index (Phi) is 2.84. The molecule has 19 heavy (non-hydrogen) atoms. The highest BCUT2D eigenvalue weighted by molar-refractivity contribution is 6.54. The van der Waals surface area contributed by atoms with Crippen molar-refractivity contribution in [3.05, 3.63) is 58.6 Å². The standard InChI is InChI=1S/C15H11ClN2O/c1-9-5-6-13-12(7-9)14(15(19)18-13)17-11-4-2-3-10(16)8-11/h2-8H,1H3,(H,17,18,19). The summed E-state index contributed by atoms with van der Waals surface area (Å²) >= 11 is 5.92. The van der Waals surface area contributed by atoms with E-state index in [1.807, 2.05) is 37.3 Å². The second-order valence-corrected chi connectivity index (χ2v) is 4.88. The summed E-state index contributed by atoms with van der Waals surface area (Å²) in [4.78, 5) is 16.4. The molecule has 1 amide bonds. The highest BCUT2D eigenvalue weighted by atomic mass is 35.5. The molecule has 2 aromatic rings. The van der Waals surface area contributed by atoms with Crippen molar-refractivity contribution in [2.75, 3.05) is 5.32 Å². The Morgan fingerprint density at radius 3 is 2.79 bits per heavy atom. The van der Waals surface area contributed by atoms with Crippen molar-refractivity contribution < 1.29 is 4.79 Å². The van der Waals surface area contributed by atoms with Crippen molar-refractivity contribution in [2.24, 2.45) is 4.99 Å². The van der Waals surface area contributed by atoms with Gasteiger partial charge in [-0.1, -0.05) is 29.3 Å². The Morgan fingerprint density at radius 2 is 2.00 bits per heavy atom. The number of carbonyl (C=O) groups is 1. The predicted molar refractivity (Wildman–Crippen MR) is 77.5 cm³/mol.